The van der Waals surface area contributed by atoms with E-state index in [4.69, 9.17) is 5.73 Å². The molecule has 0 saturated carbocycles. The van der Waals surface area contributed by atoms with Crippen LogP contribution < -0.4 is 11.1 Å². The fourth-order valence-corrected chi connectivity index (χ4v) is 2.08. The van der Waals surface area contributed by atoms with Crippen LogP contribution in [0.2, 0.25) is 0 Å². The molecule has 1 amide bonds. The molecule has 0 radical (unpaired) electrons. The van der Waals surface area contributed by atoms with Crippen molar-refractivity contribution in [2.75, 3.05) is 19.6 Å². The minimum absolute atomic E-state index is 0.155. The van der Waals surface area contributed by atoms with E-state index in [0.717, 1.165) is 32.5 Å². The largest absolute Gasteiger partial charge is 0.352 e. The van der Waals surface area contributed by atoms with E-state index in [1.165, 1.54) is 0 Å². The molecule has 1 aliphatic heterocycles. The highest BCUT2D eigenvalue weighted by Crippen LogP contribution is 2.10. The van der Waals surface area contributed by atoms with Crippen LogP contribution in [0.25, 0.3) is 0 Å². The van der Waals surface area contributed by atoms with Crippen LogP contribution in [0.5, 0.6) is 0 Å². The third kappa shape index (κ3) is 4.62. The highest BCUT2D eigenvalue weighted by Gasteiger charge is 2.21. The summed E-state index contributed by atoms with van der Waals surface area (Å²) < 4.78 is 0. The number of hydrogen-bond acceptors (Lipinski definition) is 3. The van der Waals surface area contributed by atoms with Crippen LogP contribution in [0.3, 0.4) is 0 Å². The quantitative estimate of drug-likeness (QED) is 0.707. The number of piperidine rings is 1. The number of hydrogen-bond donors (Lipinski definition) is 2. The van der Waals surface area contributed by atoms with E-state index >= 15 is 0 Å². The number of nitrogens with zero attached hydrogens (tertiary/aromatic N) is 1. The Morgan fingerprint density at radius 3 is 3.00 bits per heavy atom. The number of nitrogens with one attached hydrogen (secondary N) is 1. The van der Waals surface area contributed by atoms with E-state index in [1.54, 1.807) is 0 Å². The molecule has 1 saturated heterocycles. The monoisotopic (exact) mass is 213 g/mol. The molecule has 1 aliphatic rings. The van der Waals surface area contributed by atoms with Crippen molar-refractivity contribution in [3.05, 3.63) is 0 Å². The van der Waals surface area contributed by atoms with Gasteiger partial charge < -0.3 is 11.1 Å². The summed E-state index contributed by atoms with van der Waals surface area (Å²) in [5, 5.41) is 3.05. The summed E-state index contributed by atoms with van der Waals surface area (Å²) in [5.74, 6) is 0.155. The summed E-state index contributed by atoms with van der Waals surface area (Å²) in [5.41, 5.74) is 5.77. The molecule has 1 rings (SSSR count). The van der Waals surface area contributed by atoms with Crippen LogP contribution in [-0.4, -0.2) is 42.5 Å². The van der Waals surface area contributed by atoms with Gasteiger partial charge in [-0.05, 0) is 26.3 Å². The van der Waals surface area contributed by atoms with Crippen LogP contribution in [0.15, 0.2) is 0 Å². The van der Waals surface area contributed by atoms with Gasteiger partial charge in [0.05, 0.1) is 0 Å². The standard InChI is InChI=1S/C11H23N3O/c1-3-11(15)13-10-5-4-6-14(8-10)7-9(2)12/h9-10H,3-8,12H2,1-2H3,(H,13,15). The lowest BCUT2D eigenvalue weighted by Gasteiger charge is -2.33. The van der Waals surface area contributed by atoms with Crippen molar-refractivity contribution in [3.8, 4) is 0 Å². The van der Waals surface area contributed by atoms with Crippen molar-refractivity contribution in [3.63, 3.8) is 0 Å². The van der Waals surface area contributed by atoms with Gasteiger partial charge in [0.15, 0.2) is 0 Å². The third-order valence-corrected chi connectivity index (χ3v) is 2.74. The predicted octanol–water partition coefficient (Wildman–Crippen LogP) is 0.324. The molecule has 4 nitrogen and oxygen atoms in total. The fraction of sp³-hybridized carbons (Fsp3) is 0.909. The zero-order chi connectivity index (χ0) is 11.3. The van der Waals surface area contributed by atoms with Crippen molar-refractivity contribution in [2.45, 2.75) is 45.2 Å². The molecule has 0 bridgehead atoms. The molecule has 88 valence electrons. The van der Waals surface area contributed by atoms with Crippen LogP contribution in [0.1, 0.15) is 33.1 Å². The maximum atomic E-state index is 11.3. The van der Waals surface area contributed by atoms with Gasteiger partial charge in [-0.25, -0.2) is 0 Å². The number of rotatable bonds is 4. The van der Waals surface area contributed by atoms with Crippen molar-refractivity contribution in [1.29, 1.82) is 0 Å². The van der Waals surface area contributed by atoms with Crippen molar-refractivity contribution in [2.24, 2.45) is 5.73 Å². The molecule has 2 unspecified atom stereocenters. The number of nitrogens with two attached hydrogens (primary N) is 1. The molecule has 15 heavy (non-hydrogen) atoms. The Balaban J connectivity index is 2.32. The topological polar surface area (TPSA) is 58.4 Å². The average molecular weight is 213 g/mol. The Morgan fingerprint density at radius 1 is 1.67 bits per heavy atom. The van der Waals surface area contributed by atoms with Gasteiger partial charge in [-0.15, -0.1) is 0 Å². The molecule has 3 N–H and O–H groups in total. The van der Waals surface area contributed by atoms with Gasteiger partial charge in [-0.3, -0.25) is 9.69 Å². The normalized spacial score (nSPS) is 24.9. The first-order chi connectivity index (χ1) is 7.11. The highest BCUT2D eigenvalue weighted by molar-refractivity contribution is 5.75. The smallest absolute Gasteiger partial charge is 0.219 e. The molecule has 0 aromatic carbocycles. The number of carbonyl (C=O) groups excluding carboxylic acids is 1. The predicted molar refractivity (Wildman–Crippen MR) is 61.5 cm³/mol. The van der Waals surface area contributed by atoms with Gasteiger partial charge in [-0.2, -0.15) is 0 Å². The van der Waals surface area contributed by atoms with E-state index < -0.39 is 0 Å². The lowest BCUT2D eigenvalue weighted by atomic mass is 10.0. The molecule has 1 fully saturated rings. The SMILES string of the molecule is CCC(=O)NC1CCCN(CC(C)N)C1. The second-order valence-electron chi connectivity index (χ2n) is 4.50. The van der Waals surface area contributed by atoms with Crippen LogP contribution in [0, 0.1) is 0 Å². The molecule has 0 aromatic heterocycles. The summed E-state index contributed by atoms with van der Waals surface area (Å²) in [6.07, 6.45) is 2.83. The van der Waals surface area contributed by atoms with E-state index in [1.807, 2.05) is 13.8 Å². The molecular formula is C11H23N3O. The second-order valence-corrected chi connectivity index (χ2v) is 4.50. The van der Waals surface area contributed by atoms with E-state index in [0.29, 0.717) is 12.5 Å². The van der Waals surface area contributed by atoms with Gasteiger partial charge >= 0.3 is 0 Å². The van der Waals surface area contributed by atoms with Gasteiger partial charge in [-0.1, -0.05) is 6.92 Å². The minimum atomic E-state index is 0.155. The first-order valence-electron chi connectivity index (χ1n) is 5.89. The maximum absolute atomic E-state index is 11.3. The summed E-state index contributed by atoms with van der Waals surface area (Å²) in [6.45, 7) is 6.90. The van der Waals surface area contributed by atoms with Crippen LogP contribution in [-0.2, 0) is 4.79 Å². The lowest BCUT2D eigenvalue weighted by molar-refractivity contribution is -0.121. The third-order valence-electron chi connectivity index (χ3n) is 2.74. The molecular weight excluding hydrogens is 190 g/mol. The Kier molecular flexibility index (Phi) is 5.05. The first-order valence-corrected chi connectivity index (χ1v) is 5.89. The Bertz CT molecular complexity index is 206. The summed E-state index contributed by atoms with van der Waals surface area (Å²) in [4.78, 5) is 13.6. The summed E-state index contributed by atoms with van der Waals surface area (Å²) in [7, 11) is 0. The highest BCUT2D eigenvalue weighted by atomic mass is 16.1. The summed E-state index contributed by atoms with van der Waals surface area (Å²) >= 11 is 0. The zero-order valence-electron chi connectivity index (χ0n) is 9.83. The van der Waals surface area contributed by atoms with Gasteiger partial charge in [0.2, 0.25) is 5.91 Å². The van der Waals surface area contributed by atoms with E-state index in [-0.39, 0.29) is 11.9 Å². The van der Waals surface area contributed by atoms with Crippen LogP contribution >= 0.6 is 0 Å². The lowest BCUT2D eigenvalue weighted by Crippen LogP contribution is -2.50. The van der Waals surface area contributed by atoms with Gasteiger partial charge in [0.1, 0.15) is 0 Å². The molecule has 4 heteroatoms. The average Bonchev–Trinajstić information content (AvgIpc) is 2.17. The minimum Gasteiger partial charge on any atom is -0.352 e. The first kappa shape index (κ1) is 12.5. The maximum Gasteiger partial charge on any atom is 0.219 e. The second kappa shape index (κ2) is 6.08. The Morgan fingerprint density at radius 2 is 2.40 bits per heavy atom. The van der Waals surface area contributed by atoms with Crippen molar-refractivity contribution >= 4 is 5.91 Å². The Hall–Kier alpha value is -0.610. The molecule has 1 heterocycles. The summed E-state index contributed by atoms with van der Waals surface area (Å²) in [6, 6.07) is 0.538. The number of likely N-dealkylation sites (tertiary alicyclic amines) is 1. The molecule has 0 spiro atoms. The Labute approximate surface area is 92.2 Å². The fourth-order valence-electron chi connectivity index (χ4n) is 2.08. The van der Waals surface area contributed by atoms with Crippen molar-refractivity contribution in [1.82, 2.24) is 10.2 Å². The van der Waals surface area contributed by atoms with E-state index in [9.17, 15) is 4.79 Å². The molecule has 0 aromatic rings. The van der Waals surface area contributed by atoms with Crippen molar-refractivity contribution < 1.29 is 4.79 Å². The molecule has 2 atom stereocenters. The number of amides is 1. The van der Waals surface area contributed by atoms with Gasteiger partial charge in [0.25, 0.3) is 0 Å². The van der Waals surface area contributed by atoms with E-state index in [2.05, 4.69) is 10.2 Å². The van der Waals surface area contributed by atoms with Gasteiger partial charge in [0, 0.05) is 31.6 Å². The number of carbonyl (C=O) groups is 1. The zero-order valence-corrected chi connectivity index (χ0v) is 9.83. The van der Waals surface area contributed by atoms with Crippen LogP contribution in [0.4, 0.5) is 0 Å². The molecule has 0 aliphatic carbocycles.